The molecule has 0 atom stereocenters. The Balaban J connectivity index is 1.78. The molecule has 1 aliphatic rings. The first-order chi connectivity index (χ1) is 7.92. The molecule has 3 heterocycles. The van der Waals surface area contributed by atoms with Crippen LogP contribution in [0.5, 0.6) is 0 Å². The van der Waals surface area contributed by atoms with E-state index >= 15 is 0 Å². The van der Waals surface area contributed by atoms with Crippen molar-refractivity contribution in [2.45, 2.75) is 6.54 Å². The van der Waals surface area contributed by atoms with Gasteiger partial charge in [0, 0.05) is 38.6 Å². The highest BCUT2D eigenvalue weighted by atomic mass is 32.1. The number of fused-ring (bicyclic) bond motifs is 1. The van der Waals surface area contributed by atoms with E-state index < -0.39 is 0 Å². The van der Waals surface area contributed by atoms with Crippen LogP contribution in [0, 0.1) is 0 Å². The van der Waals surface area contributed by atoms with E-state index in [1.807, 2.05) is 0 Å². The molecular weight excluding hydrogens is 222 g/mol. The zero-order chi connectivity index (χ0) is 10.8. The van der Waals surface area contributed by atoms with Crippen molar-refractivity contribution in [1.82, 2.24) is 25.2 Å². The van der Waals surface area contributed by atoms with Crippen molar-refractivity contribution >= 4 is 21.8 Å². The second kappa shape index (κ2) is 4.40. The van der Waals surface area contributed by atoms with Crippen molar-refractivity contribution in [3.05, 3.63) is 17.4 Å². The molecule has 0 spiro atoms. The quantitative estimate of drug-likeness (QED) is 0.821. The molecule has 2 aromatic heterocycles. The lowest BCUT2D eigenvalue weighted by Crippen LogP contribution is -2.42. The van der Waals surface area contributed by atoms with Crippen molar-refractivity contribution < 1.29 is 0 Å². The smallest absolute Gasteiger partial charge is 0.189 e. The molecule has 0 aliphatic carbocycles. The van der Waals surface area contributed by atoms with Crippen LogP contribution in [0.4, 0.5) is 0 Å². The Hall–Kier alpha value is -1.11. The van der Waals surface area contributed by atoms with Gasteiger partial charge < -0.3 is 5.32 Å². The van der Waals surface area contributed by atoms with Gasteiger partial charge in [-0.2, -0.15) is 0 Å². The van der Waals surface area contributed by atoms with E-state index in [1.165, 1.54) is 0 Å². The normalized spacial score (nSPS) is 18.0. The Morgan fingerprint density at radius 1 is 1.25 bits per heavy atom. The molecule has 0 radical (unpaired) electrons. The maximum absolute atomic E-state index is 4.49. The number of piperazine rings is 1. The summed E-state index contributed by atoms with van der Waals surface area (Å²) in [6.07, 6.45) is 3.41. The Kier molecular flexibility index (Phi) is 2.77. The molecule has 16 heavy (non-hydrogen) atoms. The van der Waals surface area contributed by atoms with Gasteiger partial charge >= 0.3 is 0 Å². The van der Waals surface area contributed by atoms with E-state index in [1.54, 1.807) is 23.7 Å². The first-order valence-corrected chi connectivity index (χ1v) is 6.23. The molecule has 1 aliphatic heterocycles. The van der Waals surface area contributed by atoms with Crippen LogP contribution in [-0.4, -0.2) is 46.0 Å². The van der Waals surface area contributed by atoms with Crippen molar-refractivity contribution in [1.29, 1.82) is 0 Å². The standard InChI is InChI=1S/C10H13N5S/c1-2-13-10-9(12-1)14-8(16-10)7-15-5-3-11-4-6-15/h1-2,11H,3-7H2. The average Bonchev–Trinajstić information content (AvgIpc) is 2.72. The van der Waals surface area contributed by atoms with Crippen molar-refractivity contribution in [2.75, 3.05) is 26.2 Å². The van der Waals surface area contributed by atoms with E-state index in [0.29, 0.717) is 0 Å². The van der Waals surface area contributed by atoms with Gasteiger partial charge in [0.1, 0.15) is 5.01 Å². The molecule has 0 unspecified atom stereocenters. The van der Waals surface area contributed by atoms with Crippen LogP contribution >= 0.6 is 11.3 Å². The third-order valence-electron chi connectivity index (χ3n) is 2.66. The van der Waals surface area contributed by atoms with E-state index in [-0.39, 0.29) is 0 Å². The fraction of sp³-hybridized carbons (Fsp3) is 0.500. The van der Waals surface area contributed by atoms with E-state index in [0.717, 1.165) is 48.2 Å². The number of rotatable bonds is 2. The molecule has 0 bridgehead atoms. The molecule has 3 rings (SSSR count). The fourth-order valence-corrected chi connectivity index (χ4v) is 2.75. The maximum Gasteiger partial charge on any atom is 0.189 e. The Morgan fingerprint density at radius 2 is 2.06 bits per heavy atom. The summed E-state index contributed by atoms with van der Waals surface area (Å²) < 4.78 is 0. The van der Waals surface area contributed by atoms with Gasteiger partial charge in [-0.3, -0.25) is 4.90 Å². The summed E-state index contributed by atoms with van der Waals surface area (Å²) in [6, 6.07) is 0. The zero-order valence-corrected chi connectivity index (χ0v) is 9.70. The fourth-order valence-electron chi connectivity index (χ4n) is 1.85. The van der Waals surface area contributed by atoms with Gasteiger partial charge in [-0.15, -0.1) is 0 Å². The van der Waals surface area contributed by atoms with E-state index in [4.69, 9.17) is 0 Å². The molecule has 84 valence electrons. The molecule has 0 saturated carbocycles. The van der Waals surface area contributed by atoms with Crippen LogP contribution in [0.25, 0.3) is 10.5 Å². The van der Waals surface area contributed by atoms with Gasteiger partial charge in [-0.25, -0.2) is 15.0 Å². The summed E-state index contributed by atoms with van der Waals surface area (Å²) in [4.78, 5) is 16.3. The number of thiazole rings is 1. The predicted octanol–water partition coefficient (Wildman–Crippen LogP) is 0.491. The van der Waals surface area contributed by atoms with Gasteiger partial charge in [-0.1, -0.05) is 11.3 Å². The van der Waals surface area contributed by atoms with Gasteiger partial charge in [-0.05, 0) is 0 Å². The van der Waals surface area contributed by atoms with E-state index in [9.17, 15) is 0 Å². The highest BCUT2D eigenvalue weighted by molar-refractivity contribution is 7.18. The van der Waals surface area contributed by atoms with Crippen molar-refractivity contribution in [3.63, 3.8) is 0 Å². The highest BCUT2D eigenvalue weighted by Crippen LogP contribution is 2.18. The average molecular weight is 235 g/mol. The first-order valence-electron chi connectivity index (χ1n) is 5.41. The van der Waals surface area contributed by atoms with Crippen LogP contribution in [-0.2, 0) is 6.54 Å². The molecule has 1 fully saturated rings. The number of hydrogen-bond acceptors (Lipinski definition) is 6. The third kappa shape index (κ3) is 2.04. The van der Waals surface area contributed by atoms with Gasteiger partial charge in [0.2, 0.25) is 0 Å². The lowest BCUT2D eigenvalue weighted by Gasteiger charge is -2.25. The van der Waals surface area contributed by atoms with E-state index in [2.05, 4.69) is 25.2 Å². The maximum atomic E-state index is 4.49. The largest absolute Gasteiger partial charge is 0.314 e. The summed E-state index contributed by atoms with van der Waals surface area (Å²) in [5.41, 5.74) is 0.776. The summed E-state index contributed by atoms with van der Waals surface area (Å²) in [5.74, 6) is 0. The second-order valence-corrected chi connectivity index (χ2v) is 4.88. The number of nitrogens with one attached hydrogen (secondary N) is 1. The minimum Gasteiger partial charge on any atom is -0.314 e. The minimum atomic E-state index is 0.776. The van der Waals surface area contributed by atoms with Gasteiger partial charge in [0.05, 0.1) is 6.54 Å². The first kappa shape index (κ1) is 10.1. The number of aromatic nitrogens is 3. The van der Waals surface area contributed by atoms with Crippen LogP contribution in [0.15, 0.2) is 12.4 Å². The zero-order valence-electron chi connectivity index (χ0n) is 8.89. The molecule has 0 aromatic carbocycles. The van der Waals surface area contributed by atoms with Crippen molar-refractivity contribution in [2.24, 2.45) is 0 Å². The Bertz CT molecular complexity index is 444. The van der Waals surface area contributed by atoms with Crippen LogP contribution in [0.2, 0.25) is 0 Å². The summed E-state index contributed by atoms with van der Waals surface area (Å²) in [5, 5.41) is 4.46. The molecular formula is C10H13N5S. The van der Waals surface area contributed by atoms with Gasteiger partial charge in [0.15, 0.2) is 10.5 Å². The third-order valence-corrected chi connectivity index (χ3v) is 3.60. The monoisotopic (exact) mass is 235 g/mol. The Morgan fingerprint density at radius 3 is 2.88 bits per heavy atom. The summed E-state index contributed by atoms with van der Waals surface area (Å²) in [7, 11) is 0. The molecule has 0 amide bonds. The van der Waals surface area contributed by atoms with Crippen molar-refractivity contribution in [3.8, 4) is 0 Å². The minimum absolute atomic E-state index is 0.776. The SMILES string of the molecule is c1cnc2sc(CN3CCNCC3)nc2n1. The second-order valence-electron chi connectivity index (χ2n) is 3.82. The molecule has 2 aromatic rings. The summed E-state index contributed by atoms with van der Waals surface area (Å²) in [6.45, 7) is 5.25. The number of hydrogen-bond donors (Lipinski definition) is 1. The molecule has 1 saturated heterocycles. The van der Waals surface area contributed by atoms with Crippen LogP contribution in [0.3, 0.4) is 0 Å². The molecule has 1 N–H and O–H groups in total. The highest BCUT2D eigenvalue weighted by Gasteiger charge is 2.13. The molecule has 6 heteroatoms. The molecule has 5 nitrogen and oxygen atoms in total. The van der Waals surface area contributed by atoms with Gasteiger partial charge in [0.25, 0.3) is 0 Å². The van der Waals surface area contributed by atoms with Crippen LogP contribution in [0.1, 0.15) is 5.01 Å². The summed E-state index contributed by atoms with van der Waals surface area (Å²) >= 11 is 1.64. The lowest BCUT2D eigenvalue weighted by molar-refractivity contribution is 0.233. The Labute approximate surface area is 97.5 Å². The predicted molar refractivity (Wildman–Crippen MR) is 63.4 cm³/mol. The lowest BCUT2D eigenvalue weighted by atomic mass is 10.3. The van der Waals surface area contributed by atoms with Crippen LogP contribution < -0.4 is 5.32 Å². The number of nitrogens with zero attached hydrogens (tertiary/aromatic N) is 4. The topological polar surface area (TPSA) is 53.9 Å².